The van der Waals surface area contributed by atoms with Gasteiger partial charge in [0, 0.05) is 44.6 Å². The zero-order valence-corrected chi connectivity index (χ0v) is 15.7. The number of rotatable bonds is 4. The topological polar surface area (TPSA) is 92.4 Å². The summed E-state index contributed by atoms with van der Waals surface area (Å²) in [6.45, 7) is 1.79. The summed E-state index contributed by atoms with van der Waals surface area (Å²) in [5.74, 6) is 0.235. The molecule has 1 amide bonds. The van der Waals surface area contributed by atoms with Crippen LogP contribution in [0.5, 0.6) is 0 Å². The Labute approximate surface area is 164 Å². The molecule has 3 aromatic rings. The fourth-order valence-corrected chi connectivity index (χ4v) is 4.12. The third kappa shape index (κ3) is 3.11. The molecule has 3 aromatic heterocycles. The first-order chi connectivity index (χ1) is 14.0. The summed E-state index contributed by atoms with van der Waals surface area (Å²) >= 11 is 0. The number of anilines is 2. The number of carbonyl (C=O) groups is 1. The fourth-order valence-electron chi connectivity index (χ4n) is 4.12. The molecule has 11 heteroatoms. The number of nitrogens with zero attached hydrogens (tertiary/aromatic N) is 6. The molecule has 9 nitrogen and oxygen atoms in total. The number of fused-ring (bicyclic) bond motifs is 4. The second-order valence-electron chi connectivity index (χ2n) is 7.46. The highest BCUT2D eigenvalue weighted by atomic mass is 19.3. The van der Waals surface area contributed by atoms with Crippen molar-refractivity contribution in [2.75, 3.05) is 23.3 Å². The van der Waals surface area contributed by atoms with Crippen molar-refractivity contribution >= 4 is 23.1 Å². The molecule has 0 aromatic carbocycles. The number of piperazine rings is 1. The van der Waals surface area contributed by atoms with Gasteiger partial charge in [0.2, 0.25) is 0 Å². The Hall–Kier alpha value is -3.08. The summed E-state index contributed by atoms with van der Waals surface area (Å²) in [7, 11) is 1.52. The number of aromatic nitrogens is 5. The second-order valence-corrected chi connectivity index (χ2v) is 7.46. The van der Waals surface area contributed by atoms with Gasteiger partial charge in [-0.15, -0.1) is 0 Å². The number of aryl methyl sites for hydroxylation is 1. The van der Waals surface area contributed by atoms with Gasteiger partial charge in [-0.25, -0.2) is 18.3 Å². The number of piperidine rings is 2. The number of halogens is 2. The first-order valence-electron chi connectivity index (χ1n) is 9.47. The van der Waals surface area contributed by atoms with Crippen LogP contribution < -0.4 is 15.5 Å². The van der Waals surface area contributed by atoms with E-state index in [1.807, 2.05) is 6.07 Å². The van der Waals surface area contributed by atoms with E-state index in [1.165, 1.54) is 28.6 Å². The fraction of sp³-hybridized carbons (Fsp3) is 0.444. The smallest absolute Gasteiger partial charge is 0.284 e. The molecule has 3 aliphatic rings. The molecule has 152 valence electrons. The van der Waals surface area contributed by atoms with Crippen molar-refractivity contribution in [2.24, 2.45) is 7.05 Å². The number of nitrogens with one attached hydrogen (secondary N) is 2. The highest BCUT2D eigenvalue weighted by Gasteiger charge is 2.34. The van der Waals surface area contributed by atoms with Crippen molar-refractivity contribution in [1.82, 2.24) is 29.7 Å². The minimum atomic E-state index is -2.79. The van der Waals surface area contributed by atoms with Gasteiger partial charge in [-0.2, -0.15) is 10.2 Å². The lowest BCUT2D eigenvalue weighted by Gasteiger charge is -2.46. The molecule has 0 saturated carbocycles. The van der Waals surface area contributed by atoms with Crippen LogP contribution in [0.3, 0.4) is 0 Å². The van der Waals surface area contributed by atoms with Gasteiger partial charge in [0.25, 0.3) is 12.3 Å². The summed E-state index contributed by atoms with van der Waals surface area (Å²) < 4.78 is 29.1. The summed E-state index contributed by atoms with van der Waals surface area (Å²) in [6, 6.07) is 2.71. The summed E-state index contributed by atoms with van der Waals surface area (Å²) in [5.41, 5.74) is 0.110. The minimum Gasteiger partial charge on any atom is -0.351 e. The van der Waals surface area contributed by atoms with Crippen molar-refractivity contribution in [3.8, 4) is 0 Å². The number of alkyl halides is 2. The lowest BCUT2D eigenvalue weighted by atomic mass is 9.93. The molecule has 0 unspecified atom stereocenters. The van der Waals surface area contributed by atoms with Crippen LogP contribution >= 0.6 is 0 Å². The molecule has 6 heterocycles. The van der Waals surface area contributed by atoms with E-state index in [-0.39, 0.29) is 11.3 Å². The van der Waals surface area contributed by atoms with Gasteiger partial charge in [-0.1, -0.05) is 0 Å². The van der Waals surface area contributed by atoms with Crippen LogP contribution in [-0.4, -0.2) is 55.5 Å². The third-order valence-electron chi connectivity index (χ3n) is 5.55. The first-order valence-corrected chi connectivity index (χ1v) is 9.47. The maximum atomic E-state index is 13.2. The molecular weight excluding hydrogens is 382 g/mol. The Kier molecular flexibility index (Phi) is 4.19. The second kappa shape index (κ2) is 6.76. The van der Waals surface area contributed by atoms with E-state index in [1.54, 1.807) is 6.20 Å². The summed E-state index contributed by atoms with van der Waals surface area (Å²) in [5, 5.41) is 13.9. The van der Waals surface area contributed by atoms with Crippen LogP contribution in [0.25, 0.3) is 5.65 Å². The van der Waals surface area contributed by atoms with Crippen molar-refractivity contribution in [3.05, 3.63) is 35.9 Å². The Morgan fingerprint density at radius 2 is 2.24 bits per heavy atom. The van der Waals surface area contributed by atoms with Gasteiger partial charge < -0.3 is 15.5 Å². The Balaban J connectivity index is 1.45. The Bertz CT molecular complexity index is 1070. The van der Waals surface area contributed by atoms with Crippen LogP contribution in [0.2, 0.25) is 0 Å². The van der Waals surface area contributed by atoms with Gasteiger partial charge in [0.15, 0.2) is 11.3 Å². The molecule has 29 heavy (non-hydrogen) atoms. The van der Waals surface area contributed by atoms with Crippen LogP contribution in [0.4, 0.5) is 20.3 Å². The maximum Gasteiger partial charge on any atom is 0.284 e. The Morgan fingerprint density at radius 3 is 2.93 bits per heavy atom. The predicted octanol–water partition coefficient (Wildman–Crippen LogP) is 1.59. The van der Waals surface area contributed by atoms with E-state index in [9.17, 15) is 13.6 Å². The molecule has 3 aliphatic heterocycles. The lowest BCUT2D eigenvalue weighted by molar-refractivity contribution is 0.102. The molecule has 0 radical (unpaired) electrons. The quantitative estimate of drug-likeness (QED) is 0.689. The standard InChI is InChI=1S/C18H20F2N8O/c1-26-9-13(15(25-26)16(19)20)23-18(29)12-7-22-28-5-4-14(24-17(12)28)27-8-10-2-3-11(27)6-21-10/h4-5,7,9-11,16,21H,2-3,6,8H2,1H3,(H,23,29)/t10-,11+/m1/s1. The van der Waals surface area contributed by atoms with Crippen molar-refractivity contribution in [2.45, 2.75) is 31.4 Å². The van der Waals surface area contributed by atoms with E-state index >= 15 is 0 Å². The van der Waals surface area contributed by atoms with Gasteiger partial charge in [-0.3, -0.25) is 9.48 Å². The SMILES string of the molecule is Cn1cc(NC(=O)c2cnn3ccc(N4C[C@H]5CC[C@H]4CN5)nc23)c(C(F)F)n1. The van der Waals surface area contributed by atoms with Gasteiger partial charge in [-0.05, 0) is 18.9 Å². The van der Waals surface area contributed by atoms with E-state index in [0.29, 0.717) is 17.7 Å². The van der Waals surface area contributed by atoms with Crippen LogP contribution in [-0.2, 0) is 7.05 Å². The van der Waals surface area contributed by atoms with E-state index in [4.69, 9.17) is 0 Å². The predicted molar refractivity (Wildman–Crippen MR) is 101 cm³/mol. The molecule has 2 bridgehead atoms. The highest BCUT2D eigenvalue weighted by Crippen LogP contribution is 2.28. The van der Waals surface area contributed by atoms with E-state index < -0.39 is 18.0 Å². The van der Waals surface area contributed by atoms with Crippen molar-refractivity contribution in [1.29, 1.82) is 0 Å². The normalized spacial score (nSPS) is 21.3. The highest BCUT2D eigenvalue weighted by molar-refractivity contribution is 6.08. The number of amides is 1. The van der Waals surface area contributed by atoms with Crippen LogP contribution in [0.1, 0.15) is 35.3 Å². The number of carbonyl (C=O) groups excluding carboxylic acids is 1. The van der Waals surface area contributed by atoms with Gasteiger partial charge in [0.1, 0.15) is 11.4 Å². The molecule has 3 saturated heterocycles. The number of hydrogen-bond acceptors (Lipinski definition) is 6. The maximum absolute atomic E-state index is 13.2. The van der Waals surface area contributed by atoms with E-state index in [0.717, 1.165) is 31.7 Å². The molecule has 2 N–H and O–H groups in total. The monoisotopic (exact) mass is 402 g/mol. The number of hydrogen-bond donors (Lipinski definition) is 2. The van der Waals surface area contributed by atoms with Gasteiger partial charge >= 0.3 is 0 Å². The van der Waals surface area contributed by atoms with Crippen molar-refractivity contribution < 1.29 is 13.6 Å². The molecule has 3 fully saturated rings. The average Bonchev–Trinajstić information content (AvgIpc) is 3.31. The third-order valence-corrected chi connectivity index (χ3v) is 5.55. The zero-order valence-electron chi connectivity index (χ0n) is 15.7. The molecule has 2 atom stereocenters. The summed E-state index contributed by atoms with van der Waals surface area (Å²) in [4.78, 5) is 19.7. The van der Waals surface area contributed by atoms with Gasteiger partial charge in [0.05, 0.1) is 11.9 Å². The van der Waals surface area contributed by atoms with Crippen molar-refractivity contribution in [3.63, 3.8) is 0 Å². The van der Waals surface area contributed by atoms with Crippen LogP contribution in [0, 0.1) is 0 Å². The zero-order chi connectivity index (χ0) is 20.1. The Morgan fingerprint density at radius 1 is 1.38 bits per heavy atom. The largest absolute Gasteiger partial charge is 0.351 e. The molecular formula is C18H20F2N8O. The van der Waals surface area contributed by atoms with E-state index in [2.05, 4.69) is 30.7 Å². The lowest BCUT2D eigenvalue weighted by Crippen LogP contribution is -2.61. The minimum absolute atomic E-state index is 0.0255. The molecule has 0 aliphatic carbocycles. The molecule has 0 spiro atoms. The summed E-state index contributed by atoms with van der Waals surface area (Å²) in [6.07, 6.45) is 3.98. The first kappa shape index (κ1) is 18.0. The molecule has 6 rings (SSSR count). The average molecular weight is 402 g/mol. The van der Waals surface area contributed by atoms with Crippen LogP contribution in [0.15, 0.2) is 24.7 Å².